The molecular weight excluding hydrogens is 260 g/mol. The Morgan fingerprint density at radius 1 is 1.00 bits per heavy atom. The first-order chi connectivity index (χ1) is 9.68. The lowest BCUT2D eigenvalue weighted by atomic mass is 10.0. The number of anilines is 1. The average molecular weight is 273 g/mol. The second kappa shape index (κ2) is 5.04. The summed E-state index contributed by atoms with van der Waals surface area (Å²) in [5.74, 6) is -1.51. The lowest BCUT2D eigenvalue weighted by Gasteiger charge is -2.30. The Morgan fingerprint density at radius 3 is 2.55 bits per heavy atom. The Balaban J connectivity index is 2.05. The minimum Gasteiger partial charge on any atom is -0.305 e. The van der Waals surface area contributed by atoms with Gasteiger partial charge in [0, 0.05) is 6.54 Å². The Hall–Kier alpha value is -2.23. The van der Waals surface area contributed by atoms with Crippen molar-refractivity contribution in [1.29, 1.82) is 0 Å². The number of benzene rings is 2. The number of fused-ring (bicyclic) bond motifs is 1. The summed E-state index contributed by atoms with van der Waals surface area (Å²) in [5.41, 5.74) is 1.05. The summed E-state index contributed by atoms with van der Waals surface area (Å²) >= 11 is 0. The van der Waals surface area contributed by atoms with Gasteiger partial charge in [-0.3, -0.25) is 4.79 Å². The highest BCUT2D eigenvalue weighted by Gasteiger charge is 2.27. The van der Waals surface area contributed by atoms with Gasteiger partial charge in [0.15, 0.2) is 0 Å². The molecule has 0 unspecified atom stereocenters. The van der Waals surface area contributed by atoms with Gasteiger partial charge in [-0.25, -0.2) is 8.78 Å². The van der Waals surface area contributed by atoms with Gasteiger partial charge < -0.3 is 4.90 Å². The molecule has 0 saturated carbocycles. The van der Waals surface area contributed by atoms with Gasteiger partial charge in [-0.1, -0.05) is 24.3 Å². The maximum atomic E-state index is 14.0. The van der Waals surface area contributed by atoms with Crippen LogP contribution in [0.15, 0.2) is 42.5 Å². The SMILES string of the molecule is O=C(c1ccccc1F)N1CCCc2cccc(F)c21. The van der Waals surface area contributed by atoms with E-state index in [9.17, 15) is 13.6 Å². The topological polar surface area (TPSA) is 20.3 Å². The van der Waals surface area contributed by atoms with Crippen molar-refractivity contribution in [3.8, 4) is 0 Å². The van der Waals surface area contributed by atoms with Crippen LogP contribution < -0.4 is 4.90 Å². The van der Waals surface area contributed by atoms with E-state index in [1.807, 2.05) is 0 Å². The molecule has 1 aliphatic heterocycles. The molecular formula is C16H13F2NO. The van der Waals surface area contributed by atoms with Gasteiger partial charge in [0.1, 0.15) is 11.6 Å². The van der Waals surface area contributed by atoms with Crippen LogP contribution in [0.1, 0.15) is 22.3 Å². The molecule has 102 valence electrons. The third-order valence-electron chi connectivity index (χ3n) is 3.52. The van der Waals surface area contributed by atoms with E-state index in [0.717, 1.165) is 18.4 Å². The molecule has 0 bridgehead atoms. The van der Waals surface area contributed by atoms with Gasteiger partial charge in [-0.05, 0) is 36.6 Å². The second-order valence-corrected chi connectivity index (χ2v) is 4.79. The lowest BCUT2D eigenvalue weighted by Crippen LogP contribution is -2.36. The molecule has 2 aromatic rings. The lowest BCUT2D eigenvalue weighted by molar-refractivity contribution is 0.0980. The van der Waals surface area contributed by atoms with Crippen LogP contribution >= 0.6 is 0 Å². The van der Waals surface area contributed by atoms with Crippen LogP contribution in [0, 0.1) is 11.6 Å². The first-order valence-corrected chi connectivity index (χ1v) is 6.52. The highest BCUT2D eigenvalue weighted by Crippen LogP contribution is 2.31. The standard InChI is InChI=1S/C16H13F2NO/c17-13-8-2-1-7-12(13)16(20)19-10-4-6-11-5-3-9-14(18)15(11)19/h1-3,5,7-9H,4,6,10H2. The van der Waals surface area contributed by atoms with Gasteiger partial charge in [0.2, 0.25) is 0 Å². The van der Waals surface area contributed by atoms with Crippen LogP contribution in [0.2, 0.25) is 0 Å². The summed E-state index contributed by atoms with van der Waals surface area (Å²) in [6, 6.07) is 10.5. The van der Waals surface area contributed by atoms with Crippen LogP contribution in [0.5, 0.6) is 0 Å². The molecule has 1 heterocycles. The fourth-order valence-electron chi connectivity index (χ4n) is 2.59. The zero-order valence-corrected chi connectivity index (χ0v) is 10.8. The van der Waals surface area contributed by atoms with Crippen LogP contribution in [-0.4, -0.2) is 12.5 Å². The molecule has 0 fully saturated rings. The number of carbonyl (C=O) groups is 1. The Kier molecular flexibility index (Phi) is 3.22. The van der Waals surface area contributed by atoms with Crippen molar-refractivity contribution in [2.75, 3.05) is 11.4 Å². The molecule has 0 saturated heterocycles. The predicted octanol–water partition coefficient (Wildman–Crippen LogP) is 3.56. The summed E-state index contributed by atoms with van der Waals surface area (Å²) in [4.78, 5) is 13.8. The smallest absolute Gasteiger partial charge is 0.261 e. The van der Waals surface area contributed by atoms with Crippen molar-refractivity contribution < 1.29 is 13.6 Å². The number of rotatable bonds is 1. The molecule has 1 aliphatic rings. The van der Waals surface area contributed by atoms with Gasteiger partial charge in [-0.15, -0.1) is 0 Å². The molecule has 20 heavy (non-hydrogen) atoms. The van der Waals surface area contributed by atoms with Crippen molar-refractivity contribution in [2.24, 2.45) is 0 Å². The van der Waals surface area contributed by atoms with Crippen LogP contribution in [0.25, 0.3) is 0 Å². The third kappa shape index (κ3) is 2.07. The highest BCUT2D eigenvalue weighted by molar-refractivity contribution is 6.07. The van der Waals surface area contributed by atoms with Crippen molar-refractivity contribution in [3.05, 3.63) is 65.2 Å². The fraction of sp³-hybridized carbons (Fsp3) is 0.188. The second-order valence-electron chi connectivity index (χ2n) is 4.79. The van der Waals surface area contributed by atoms with E-state index < -0.39 is 17.5 Å². The first kappa shape index (κ1) is 12.8. The highest BCUT2D eigenvalue weighted by atomic mass is 19.1. The van der Waals surface area contributed by atoms with E-state index in [-0.39, 0.29) is 11.3 Å². The molecule has 3 rings (SSSR count). The molecule has 1 amide bonds. The zero-order valence-electron chi connectivity index (χ0n) is 10.8. The number of carbonyl (C=O) groups excluding carboxylic acids is 1. The summed E-state index contributed by atoms with van der Waals surface area (Å²) in [6.07, 6.45) is 1.48. The van der Waals surface area contributed by atoms with Gasteiger partial charge in [0.25, 0.3) is 5.91 Å². The van der Waals surface area contributed by atoms with Crippen LogP contribution in [0.3, 0.4) is 0 Å². The van der Waals surface area contributed by atoms with E-state index >= 15 is 0 Å². The van der Waals surface area contributed by atoms with Crippen LogP contribution in [0.4, 0.5) is 14.5 Å². The Morgan fingerprint density at radius 2 is 1.75 bits per heavy atom. The number of amides is 1. The summed E-state index contributed by atoms with van der Waals surface area (Å²) < 4.78 is 27.7. The van der Waals surface area contributed by atoms with Crippen molar-refractivity contribution in [2.45, 2.75) is 12.8 Å². The Bertz CT molecular complexity index is 669. The van der Waals surface area contributed by atoms with Crippen molar-refractivity contribution >= 4 is 11.6 Å². The number of nitrogens with zero attached hydrogens (tertiary/aromatic N) is 1. The molecule has 0 radical (unpaired) electrons. The molecule has 2 nitrogen and oxygen atoms in total. The molecule has 0 aliphatic carbocycles. The van der Waals surface area contributed by atoms with Gasteiger partial charge in [0.05, 0.1) is 11.3 Å². The van der Waals surface area contributed by atoms with E-state index in [0.29, 0.717) is 6.54 Å². The van der Waals surface area contributed by atoms with Gasteiger partial charge in [-0.2, -0.15) is 0 Å². The van der Waals surface area contributed by atoms with E-state index in [1.54, 1.807) is 18.2 Å². The molecule has 4 heteroatoms. The molecule has 0 spiro atoms. The molecule has 2 aromatic carbocycles. The third-order valence-corrected chi connectivity index (χ3v) is 3.52. The monoisotopic (exact) mass is 273 g/mol. The van der Waals surface area contributed by atoms with Crippen molar-refractivity contribution in [1.82, 2.24) is 0 Å². The number of hydrogen-bond donors (Lipinski definition) is 0. The quantitative estimate of drug-likeness (QED) is 0.778. The number of hydrogen-bond acceptors (Lipinski definition) is 1. The fourth-order valence-corrected chi connectivity index (χ4v) is 2.59. The predicted molar refractivity (Wildman–Crippen MR) is 72.8 cm³/mol. The zero-order chi connectivity index (χ0) is 14.1. The van der Waals surface area contributed by atoms with E-state index in [2.05, 4.69) is 0 Å². The van der Waals surface area contributed by atoms with Gasteiger partial charge >= 0.3 is 0 Å². The van der Waals surface area contributed by atoms with E-state index in [4.69, 9.17) is 0 Å². The van der Waals surface area contributed by atoms with Crippen LogP contribution in [-0.2, 0) is 6.42 Å². The summed E-state index contributed by atoms with van der Waals surface area (Å²) in [5, 5.41) is 0. The van der Waals surface area contributed by atoms with E-state index in [1.165, 1.54) is 29.2 Å². The normalized spacial score (nSPS) is 14.0. The minimum absolute atomic E-state index is 0.0244. The number of halogens is 2. The van der Waals surface area contributed by atoms with Crippen molar-refractivity contribution in [3.63, 3.8) is 0 Å². The average Bonchev–Trinajstić information content (AvgIpc) is 2.47. The molecule has 0 atom stereocenters. The minimum atomic E-state index is -0.582. The maximum Gasteiger partial charge on any atom is 0.261 e. The summed E-state index contributed by atoms with van der Waals surface area (Å²) in [7, 11) is 0. The maximum absolute atomic E-state index is 14.0. The number of para-hydroxylation sites is 1. The Labute approximate surface area is 115 Å². The molecule has 0 N–H and O–H groups in total. The molecule has 0 aromatic heterocycles. The summed E-state index contributed by atoms with van der Waals surface area (Å²) in [6.45, 7) is 0.404. The number of aryl methyl sites for hydroxylation is 1. The first-order valence-electron chi connectivity index (χ1n) is 6.52. The largest absolute Gasteiger partial charge is 0.305 e.